The third kappa shape index (κ3) is 18.9. The van der Waals surface area contributed by atoms with Gasteiger partial charge in [-0.3, -0.25) is 52.8 Å². The average Bonchev–Trinajstić information content (AvgIpc) is 1.73. The highest BCUT2D eigenvalue weighted by molar-refractivity contribution is 6.05. The third-order valence-electron chi connectivity index (χ3n) is 21.7. The smallest absolute Gasteiger partial charge is 0.321 e. The van der Waals surface area contributed by atoms with Crippen LogP contribution in [0.5, 0.6) is 28.7 Å². The van der Waals surface area contributed by atoms with Gasteiger partial charge in [0.1, 0.15) is 34.2 Å². The fourth-order valence-electron chi connectivity index (χ4n) is 15.9. The van der Waals surface area contributed by atoms with Gasteiger partial charge in [-0.25, -0.2) is 15.0 Å². The Morgan fingerprint density at radius 3 is 1.67 bits per heavy atom. The van der Waals surface area contributed by atoms with Crippen LogP contribution in [0.2, 0.25) is 0 Å². The van der Waals surface area contributed by atoms with Crippen molar-refractivity contribution in [3.8, 4) is 62.9 Å². The average molecular weight is 1470 g/mol. The van der Waals surface area contributed by atoms with E-state index in [1.807, 2.05) is 23.9 Å². The standard InChI is InChI=1S/C77H107N7O21/c1-19-76(12,13)77(41-85,71(101)104-46-28-30-48(54(88)36-46)61-80-59(43-23-26-45(102-18)27-24-43)79-60(81-61)47-29-25-44(86)35-53(47)87)52(67(96)97)40-75(10,11)57-49(63(90)84(64(57)91)34-22-33-83(16)17)37-73(6,7)56(62(89)78-31-21-32-82(14)15)50(65(92)93)38-74(8,9)58(69(99)103-20-2)51(66(94)95)39-72(4,5)55-42(3)68(98)105-70(55)100/h23-30,35-36,42,49-52,55-58,85-88H,19-22,31-34,37-41H2,1-18H3,(H,78,89)(H,92,93)(H,94,95)(H,96,97). The van der Waals surface area contributed by atoms with Gasteiger partial charge in [0.25, 0.3) is 0 Å². The van der Waals surface area contributed by atoms with Crippen molar-refractivity contribution in [3.05, 3.63) is 60.7 Å². The molecular formula is C77H107N7O21. The van der Waals surface area contributed by atoms with E-state index in [9.17, 15) is 64.5 Å². The number of benzene rings is 3. The number of aliphatic hydroxyl groups excluding tert-OH is 1. The topological polar surface area (TPSA) is 410 Å². The number of ether oxygens (including phenoxy) is 4. The molecule has 0 saturated carbocycles. The maximum absolute atomic E-state index is 15.6. The van der Waals surface area contributed by atoms with Crippen molar-refractivity contribution >= 4 is 59.5 Å². The van der Waals surface area contributed by atoms with E-state index in [2.05, 4.69) is 20.3 Å². The van der Waals surface area contributed by atoms with Gasteiger partial charge in [-0.2, -0.15) is 0 Å². The monoisotopic (exact) mass is 1470 g/mol. The zero-order valence-electron chi connectivity index (χ0n) is 63.7. The molecule has 4 aromatic rings. The summed E-state index contributed by atoms with van der Waals surface area (Å²) in [6, 6.07) is 14.1. The molecule has 2 aliphatic rings. The molecule has 8 N–H and O–H groups in total. The van der Waals surface area contributed by atoms with Crippen molar-refractivity contribution in [1.29, 1.82) is 0 Å². The number of esters is 4. The summed E-state index contributed by atoms with van der Waals surface area (Å²) in [5, 5.41) is 82.1. The Balaban J connectivity index is 1.45. The number of carboxylic acid groups (broad SMARTS) is 3. The number of nitrogens with one attached hydrogen (secondary N) is 1. The molecule has 28 heteroatoms. The summed E-state index contributed by atoms with van der Waals surface area (Å²) < 4.78 is 21.9. The summed E-state index contributed by atoms with van der Waals surface area (Å²) in [5.74, 6) is -25.5. The third-order valence-corrected chi connectivity index (χ3v) is 21.7. The number of carboxylic acids is 3. The maximum Gasteiger partial charge on any atom is 0.321 e. The number of methoxy groups -OCH3 is 1. The van der Waals surface area contributed by atoms with E-state index in [1.165, 1.54) is 59.1 Å². The molecule has 2 saturated heterocycles. The van der Waals surface area contributed by atoms with E-state index < -0.39 is 183 Å². The van der Waals surface area contributed by atoms with Gasteiger partial charge in [0, 0.05) is 30.8 Å². The van der Waals surface area contributed by atoms with Gasteiger partial charge < -0.3 is 69.8 Å². The van der Waals surface area contributed by atoms with E-state index in [1.54, 1.807) is 101 Å². The SMILES string of the molecule is CCOC(=O)C(C(CC(C)(C)C1C(=O)OC(=O)C1C)C(=O)O)C(C)(C)CC(C(=O)O)C(C(=O)NCCCN(C)C)C(C)(C)CC1C(=O)N(CCCN(C)C)C(=O)C1C(C)(C)CC(C(=O)O)C(CO)(C(=O)Oc1ccc(-c2nc(-c3ccc(OC)cc3)nc(-c3ccc(O)cc3O)n2)c(O)c1)C(C)(C)CC. The van der Waals surface area contributed by atoms with Gasteiger partial charge in [0.2, 0.25) is 17.7 Å². The molecule has 2 fully saturated rings. The summed E-state index contributed by atoms with van der Waals surface area (Å²) in [7, 11) is 8.73. The predicted molar refractivity (Wildman–Crippen MR) is 384 cm³/mol. The molecule has 28 nitrogen and oxygen atoms in total. The van der Waals surface area contributed by atoms with Crippen LogP contribution in [0.1, 0.15) is 135 Å². The molecule has 3 heterocycles. The first-order valence-corrected chi connectivity index (χ1v) is 35.4. The van der Waals surface area contributed by atoms with E-state index in [0.29, 0.717) is 30.8 Å². The molecule has 105 heavy (non-hydrogen) atoms. The number of likely N-dealkylation sites (tertiary alicyclic amines) is 1. The lowest BCUT2D eigenvalue weighted by Gasteiger charge is -2.49. The largest absolute Gasteiger partial charge is 0.508 e. The summed E-state index contributed by atoms with van der Waals surface area (Å²) >= 11 is 0. The second-order valence-corrected chi connectivity index (χ2v) is 32.0. The van der Waals surface area contributed by atoms with E-state index in [4.69, 9.17) is 18.9 Å². The molecule has 2 aliphatic heterocycles. The van der Waals surface area contributed by atoms with Crippen molar-refractivity contribution in [3.63, 3.8) is 0 Å². The lowest BCUT2D eigenvalue weighted by Crippen LogP contribution is -2.58. The van der Waals surface area contributed by atoms with Crippen LogP contribution in [0.15, 0.2) is 60.7 Å². The Bertz CT molecular complexity index is 3870. The Labute approximate surface area is 613 Å². The van der Waals surface area contributed by atoms with Crippen LogP contribution in [0.25, 0.3) is 34.2 Å². The summed E-state index contributed by atoms with van der Waals surface area (Å²) in [6.45, 7) is 19.6. The number of carbonyl (C=O) groups is 10. The molecule has 10 unspecified atom stereocenters. The molecule has 0 bridgehead atoms. The number of carbonyl (C=O) groups excluding carboxylic acids is 7. The number of aliphatic hydroxyl groups is 1. The fraction of sp³-hybridized carbons (Fsp3) is 0.597. The molecule has 10 atom stereocenters. The molecule has 3 amide bonds. The zero-order valence-corrected chi connectivity index (χ0v) is 63.7. The first-order chi connectivity index (χ1) is 48.8. The molecule has 0 aliphatic carbocycles. The molecule has 6 rings (SSSR count). The fourth-order valence-corrected chi connectivity index (χ4v) is 15.9. The number of aliphatic carboxylic acids is 3. The number of imide groups is 1. The van der Waals surface area contributed by atoms with Gasteiger partial charge in [0.15, 0.2) is 17.5 Å². The number of phenols is 3. The number of cyclic esters (lactones) is 2. The first kappa shape index (κ1) is 84.8. The second-order valence-electron chi connectivity index (χ2n) is 32.0. The maximum atomic E-state index is 15.6. The highest BCUT2D eigenvalue weighted by Gasteiger charge is 2.64. The molecular weight excluding hydrogens is 1360 g/mol. The molecule has 0 radical (unpaired) electrons. The lowest BCUT2D eigenvalue weighted by atomic mass is 9.53. The Morgan fingerprint density at radius 2 is 1.17 bits per heavy atom. The highest BCUT2D eigenvalue weighted by atomic mass is 16.6. The number of amides is 3. The van der Waals surface area contributed by atoms with Crippen molar-refractivity contribution in [2.75, 3.05) is 74.7 Å². The van der Waals surface area contributed by atoms with Crippen LogP contribution in [0.3, 0.4) is 0 Å². The predicted octanol–water partition coefficient (Wildman–Crippen LogP) is 8.84. The number of rotatable bonds is 38. The Hall–Kier alpha value is -9.15. The van der Waals surface area contributed by atoms with Crippen LogP contribution in [-0.2, 0) is 57.4 Å². The minimum absolute atomic E-state index is 0.0221. The Kier molecular flexibility index (Phi) is 27.4. The Morgan fingerprint density at radius 1 is 0.638 bits per heavy atom. The van der Waals surface area contributed by atoms with Crippen LogP contribution >= 0.6 is 0 Å². The number of hydrogen-bond acceptors (Lipinski definition) is 23. The van der Waals surface area contributed by atoms with Crippen molar-refractivity contribution < 1.29 is 103 Å². The van der Waals surface area contributed by atoms with Crippen molar-refractivity contribution in [2.24, 2.45) is 85.8 Å². The number of aromatic hydroxyl groups is 3. The number of nitrogens with zero attached hydrogens (tertiary/aromatic N) is 6. The van der Waals surface area contributed by atoms with Crippen molar-refractivity contribution in [1.82, 2.24) is 35.0 Å². The first-order valence-electron chi connectivity index (χ1n) is 35.4. The number of hydrogen-bond donors (Lipinski definition) is 8. The number of phenolic OH excluding ortho intramolecular Hbond substituents is 3. The zero-order chi connectivity index (χ0) is 79.0. The second kappa shape index (κ2) is 34.0. The minimum Gasteiger partial charge on any atom is -0.508 e. The van der Waals surface area contributed by atoms with Crippen LogP contribution < -0.4 is 14.8 Å². The lowest BCUT2D eigenvalue weighted by molar-refractivity contribution is -0.180. The molecule has 0 spiro atoms. The van der Waals surface area contributed by atoms with Crippen LogP contribution in [0, 0.1) is 85.8 Å². The summed E-state index contributed by atoms with van der Waals surface area (Å²) in [4.78, 5) is 163. The van der Waals surface area contributed by atoms with E-state index >= 15 is 19.2 Å². The van der Waals surface area contributed by atoms with Crippen LogP contribution in [0.4, 0.5) is 0 Å². The van der Waals surface area contributed by atoms with Gasteiger partial charge in [-0.15, -0.1) is 0 Å². The molecule has 3 aromatic carbocycles. The summed E-state index contributed by atoms with van der Waals surface area (Å²) in [5.41, 5.74) is -9.59. The molecule has 1 aromatic heterocycles. The van der Waals surface area contributed by atoms with Gasteiger partial charge in [-0.05, 0) is 169 Å². The van der Waals surface area contributed by atoms with Gasteiger partial charge >= 0.3 is 41.8 Å². The van der Waals surface area contributed by atoms with Gasteiger partial charge in [-0.1, -0.05) is 83.1 Å². The summed E-state index contributed by atoms with van der Waals surface area (Å²) in [6.07, 6.45) is -1.25. The van der Waals surface area contributed by atoms with Crippen LogP contribution in [-0.4, -0.2) is 200 Å². The normalized spacial score (nSPS) is 18.8. The highest BCUT2D eigenvalue weighted by Crippen LogP contribution is 2.57. The van der Waals surface area contributed by atoms with E-state index in [0.717, 1.165) is 17.0 Å². The molecule has 576 valence electrons. The van der Waals surface area contributed by atoms with Gasteiger partial charge in [0.05, 0.1) is 84.7 Å². The quantitative estimate of drug-likeness (QED) is 0.00682. The number of aromatic nitrogens is 3. The van der Waals surface area contributed by atoms with E-state index in [-0.39, 0.29) is 78.4 Å². The van der Waals surface area contributed by atoms with Crippen molar-refractivity contribution in [2.45, 2.75) is 135 Å². The minimum atomic E-state index is -2.39.